The Balaban J connectivity index is 2.43. The van der Waals surface area contributed by atoms with Crippen LogP contribution in [0.15, 0.2) is 10.5 Å². The van der Waals surface area contributed by atoms with Gasteiger partial charge in [0.25, 0.3) is 0 Å². The molecule has 0 aliphatic rings. The lowest BCUT2D eigenvalue weighted by Crippen LogP contribution is -2.09. The largest absolute Gasteiger partial charge is 0.354 e. The fourth-order valence-electron chi connectivity index (χ4n) is 1.82. The van der Waals surface area contributed by atoms with Gasteiger partial charge in [0.1, 0.15) is 0 Å². The molecule has 0 saturated carbocycles. The second-order valence-electron chi connectivity index (χ2n) is 4.51. The first-order valence-corrected chi connectivity index (χ1v) is 7.14. The first-order chi connectivity index (χ1) is 9.02. The minimum atomic E-state index is 0.653. The van der Waals surface area contributed by atoms with Crippen molar-refractivity contribution in [3.63, 3.8) is 0 Å². The molecular weight excluding hydrogens is 306 g/mol. The third-order valence-corrected chi connectivity index (χ3v) is 3.94. The number of halogens is 1. The number of nitrogens with one attached hydrogen (secondary N) is 1. The summed E-state index contributed by atoms with van der Waals surface area (Å²) in [6, 6.07) is 1.93. The fraction of sp³-hybridized carbons (Fsp3) is 0.462. The Hall–Kier alpha value is -1.43. The second-order valence-corrected chi connectivity index (χ2v) is 5.31. The van der Waals surface area contributed by atoms with Crippen molar-refractivity contribution in [3.8, 4) is 5.82 Å². The summed E-state index contributed by atoms with van der Waals surface area (Å²) in [5.41, 5.74) is 2.92. The van der Waals surface area contributed by atoms with Crippen LogP contribution in [0.25, 0.3) is 5.82 Å². The Labute approximate surface area is 121 Å². The van der Waals surface area contributed by atoms with Crippen molar-refractivity contribution in [2.24, 2.45) is 0 Å². The highest BCUT2D eigenvalue weighted by Crippen LogP contribution is 2.22. The fourth-order valence-corrected chi connectivity index (χ4v) is 2.07. The minimum Gasteiger partial charge on any atom is -0.354 e. The molecule has 102 valence electrons. The maximum atomic E-state index is 4.51. The number of anilines is 1. The van der Waals surface area contributed by atoms with Crippen LogP contribution in [-0.2, 0) is 0 Å². The van der Waals surface area contributed by atoms with Gasteiger partial charge in [-0.15, -0.1) is 0 Å². The molecule has 19 heavy (non-hydrogen) atoms. The van der Waals surface area contributed by atoms with Gasteiger partial charge in [0, 0.05) is 18.3 Å². The molecule has 0 atom stereocenters. The molecule has 0 spiro atoms. The molecule has 1 N–H and O–H groups in total. The van der Waals surface area contributed by atoms with E-state index in [9.17, 15) is 0 Å². The first-order valence-electron chi connectivity index (χ1n) is 6.34. The molecule has 2 aromatic rings. The van der Waals surface area contributed by atoms with Crippen LogP contribution in [0.2, 0.25) is 0 Å². The van der Waals surface area contributed by atoms with E-state index in [0.717, 1.165) is 40.3 Å². The van der Waals surface area contributed by atoms with Crippen molar-refractivity contribution in [1.29, 1.82) is 0 Å². The minimum absolute atomic E-state index is 0.653. The van der Waals surface area contributed by atoms with Gasteiger partial charge in [-0.2, -0.15) is 10.1 Å². The lowest BCUT2D eigenvalue weighted by Gasteiger charge is -2.08. The van der Waals surface area contributed by atoms with Gasteiger partial charge < -0.3 is 5.32 Å². The van der Waals surface area contributed by atoms with E-state index in [1.807, 2.05) is 31.5 Å². The van der Waals surface area contributed by atoms with Crippen molar-refractivity contribution in [3.05, 3.63) is 27.6 Å². The van der Waals surface area contributed by atoms with Gasteiger partial charge in [-0.1, -0.05) is 6.92 Å². The maximum Gasteiger partial charge on any atom is 0.224 e. The van der Waals surface area contributed by atoms with Gasteiger partial charge in [-0.3, -0.25) is 0 Å². The van der Waals surface area contributed by atoms with Crippen LogP contribution in [0.4, 0.5) is 5.95 Å². The highest BCUT2D eigenvalue weighted by Gasteiger charge is 2.12. The number of aryl methyl sites for hydroxylation is 2. The Morgan fingerprint density at radius 3 is 2.58 bits per heavy atom. The van der Waals surface area contributed by atoms with Crippen LogP contribution in [0.1, 0.15) is 30.4 Å². The summed E-state index contributed by atoms with van der Waals surface area (Å²) in [6.07, 6.45) is 1.04. The molecule has 2 aromatic heterocycles. The lowest BCUT2D eigenvalue weighted by molar-refractivity contribution is 0.796. The van der Waals surface area contributed by atoms with Gasteiger partial charge in [-0.05, 0) is 43.1 Å². The number of aromatic nitrogens is 4. The molecule has 0 aromatic carbocycles. The van der Waals surface area contributed by atoms with E-state index in [0.29, 0.717) is 5.95 Å². The van der Waals surface area contributed by atoms with Gasteiger partial charge in [0.2, 0.25) is 5.95 Å². The van der Waals surface area contributed by atoms with Crippen molar-refractivity contribution in [1.82, 2.24) is 19.7 Å². The molecule has 0 saturated heterocycles. The third-order valence-electron chi connectivity index (χ3n) is 2.79. The zero-order valence-electron chi connectivity index (χ0n) is 11.7. The van der Waals surface area contributed by atoms with Crippen LogP contribution >= 0.6 is 15.9 Å². The van der Waals surface area contributed by atoms with Crippen molar-refractivity contribution < 1.29 is 0 Å². The smallest absolute Gasteiger partial charge is 0.224 e. The second kappa shape index (κ2) is 5.69. The topological polar surface area (TPSA) is 55.6 Å². The van der Waals surface area contributed by atoms with Crippen molar-refractivity contribution >= 4 is 21.9 Å². The molecule has 0 fully saturated rings. The molecule has 0 radical (unpaired) electrons. The summed E-state index contributed by atoms with van der Waals surface area (Å²) in [4.78, 5) is 8.89. The predicted octanol–water partition coefficient (Wildman–Crippen LogP) is 3.17. The highest BCUT2D eigenvalue weighted by atomic mass is 79.9. The monoisotopic (exact) mass is 323 g/mol. The summed E-state index contributed by atoms with van der Waals surface area (Å²) in [6.45, 7) is 8.92. The number of rotatable bonds is 4. The van der Waals surface area contributed by atoms with Crippen LogP contribution in [0, 0.1) is 20.8 Å². The van der Waals surface area contributed by atoms with E-state index in [1.54, 1.807) is 0 Å². The highest BCUT2D eigenvalue weighted by molar-refractivity contribution is 9.10. The Kier molecular flexibility index (Phi) is 4.19. The predicted molar refractivity (Wildman–Crippen MR) is 79.8 cm³/mol. The summed E-state index contributed by atoms with van der Waals surface area (Å²) in [7, 11) is 0. The van der Waals surface area contributed by atoms with Crippen molar-refractivity contribution in [2.75, 3.05) is 11.9 Å². The average molecular weight is 324 g/mol. The molecule has 5 nitrogen and oxygen atoms in total. The molecule has 2 rings (SSSR count). The summed E-state index contributed by atoms with van der Waals surface area (Å²) in [5, 5.41) is 7.71. The molecule has 0 aliphatic carbocycles. The van der Waals surface area contributed by atoms with E-state index in [4.69, 9.17) is 0 Å². The van der Waals surface area contributed by atoms with E-state index in [1.165, 1.54) is 0 Å². The molecule has 2 heterocycles. The Bertz CT molecular complexity index is 591. The maximum absolute atomic E-state index is 4.51. The zero-order valence-corrected chi connectivity index (χ0v) is 13.2. The summed E-state index contributed by atoms with van der Waals surface area (Å²) >= 11 is 3.53. The van der Waals surface area contributed by atoms with Crippen LogP contribution in [0.3, 0.4) is 0 Å². The molecule has 0 amide bonds. The first kappa shape index (κ1) is 14.0. The zero-order chi connectivity index (χ0) is 14.0. The molecular formula is C13H18BrN5. The SMILES string of the molecule is CCCNc1nc(C)cc(-n2nc(C)c(Br)c2C)n1. The third kappa shape index (κ3) is 2.94. The van der Waals surface area contributed by atoms with Crippen LogP contribution in [0.5, 0.6) is 0 Å². The summed E-state index contributed by atoms with van der Waals surface area (Å²) < 4.78 is 2.86. The Morgan fingerprint density at radius 1 is 1.26 bits per heavy atom. The average Bonchev–Trinajstić information content (AvgIpc) is 2.63. The van der Waals surface area contributed by atoms with E-state index in [2.05, 4.69) is 43.2 Å². The lowest BCUT2D eigenvalue weighted by atomic mass is 10.4. The quantitative estimate of drug-likeness (QED) is 0.938. The number of hydrogen-bond acceptors (Lipinski definition) is 4. The summed E-state index contributed by atoms with van der Waals surface area (Å²) in [5.74, 6) is 1.44. The van der Waals surface area contributed by atoms with Gasteiger partial charge in [0.05, 0.1) is 15.9 Å². The van der Waals surface area contributed by atoms with E-state index >= 15 is 0 Å². The van der Waals surface area contributed by atoms with Crippen LogP contribution in [-0.4, -0.2) is 26.3 Å². The van der Waals surface area contributed by atoms with Gasteiger partial charge in [0.15, 0.2) is 5.82 Å². The molecule has 0 aliphatic heterocycles. The Morgan fingerprint density at radius 2 is 2.00 bits per heavy atom. The standard InChI is InChI=1S/C13H18BrN5/c1-5-6-15-13-16-8(2)7-11(17-13)19-10(4)12(14)9(3)18-19/h7H,5-6H2,1-4H3,(H,15,16,17). The normalized spacial score (nSPS) is 10.8. The van der Waals surface area contributed by atoms with E-state index in [-0.39, 0.29) is 0 Å². The number of nitrogens with zero attached hydrogens (tertiary/aromatic N) is 4. The van der Waals surface area contributed by atoms with Crippen molar-refractivity contribution in [2.45, 2.75) is 34.1 Å². The molecule has 0 bridgehead atoms. The van der Waals surface area contributed by atoms with E-state index < -0.39 is 0 Å². The van der Waals surface area contributed by atoms with Crippen LogP contribution < -0.4 is 5.32 Å². The van der Waals surface area contributed by atoms with Gasteiger partial charge in [-0.25, -0.2) is 9.67 Å². The molecule has 6 heteroatoms. The molecule has 0 unspecified atom stereocenters. The number of hydrogen-bond donors (Lipinski definition) is 1. The van der Waals surface area contributed by atoms with Gasteiger partial charge >= 0.3 is 0 Å².